The van der Waals surface area contributed by atoms with Gasteiger partial charge in [-0.3, -0.25) is 9.59 Å². The predicted octanol–water partition coefficient (Wildman–Crippen LogP) is 7.67. The van der Waals surface area contributed by atoms with Gasteiger partial charge >= 0.3 is 5.97 Å². The van der Waals surface area contributed by atoms with Gasteiger partial charge in [0.2, 0.25) is 11.8 Å². The molecule has 6 rings (SSSR count). The van der Waals surface area contributed by atoms with Crippen LogP contribution in [0, 0.1) is 0 Å². The van der Waals surface area contributed by atoms with Gasteiger partial charge in [-0.15, -0.1) is 11.8 Å². The molecule has 0 spiro atoms. The Balaban J connectivity index is 1.07. The van der Waals surface area contributed by atoms with Crippen LogP contribution in [0.4, 0.5) is 11.4 Å². The molecule has 1 fully saturated rings. The zero-order valence-electron chi connectivity index (χ0n) is 30.2. The van der Waals surface area contributed by atoms with Crippen LogP contribution in [0.3, 0.4) is 0 Å². The highest BCUT2D eigenvalue weighted by atomic mass is 32.2. The highest BCUT2D eigenvalue weighted by molar-refractivity contribution is 7.99. The number of hydrogen-bond donors (Lipinski definition) is 5. The number of amides is 2. The molecule has 4 aromatic carbocycles. The number of aromatic nitrogens is 1. The number of carbonyl (C=O) groups is 3. The maximum absolute atomic E-state index is 12.6. The first-order valence-electron chi connectivity index (χ1n) is 18.2. The normalized spacial score (nSPS) is 16.6. The minimum atomic E-state index is -1.03. The molecule has 1 aromatic heterocycles. The zero-order valence-corrected chi connectivity index (χ0v) is 31.0. The van der Waals surface area contributed by atoms with Crippen LogP contribution in [-0.4, -0.2) is 44.8 Å². The second kappa shape index (κ2) is 19.2. The maximum Gasteiger partial charge on any atom is 0.338 e. The van der Waals surface area contributed by atoms with Crippen LogP contribution in [0.25, 0.3) is 11.1 Å². The van der Waals surface area contributed by atoms with E-state index in [4.69, 9.17) is 15.2 Å². The summed E-state index contributed by atoms with van der Waals surface area (Å²) in [5, 5.41) is 25.5. The van der Waals surface area contributed by atoms with E-state index in [9.17, 15) is 24.6 Å². The molecule has 6 N–H and O–H groups in total. The Morgan fingerprint density at radius 3 is 2.31 bits per heavy atom. The van der Waals surface area contributed by atoms with E-state index < -0.39 is 12.3 Å². The number of carboxylic acids is 1. The molecule has 3 atom stereocenters. The fourth-order valence-electron chi connectivity index (χ4n) is 6.27. The lowest BCUT2D eigenvalue weighted by Gasteiger charge is -2.36. The average Bonchev–Trinajstić information content (AvgIpc) is 3.22. The number of unbranched alkanes of at least 4 members (excludes halogenated alkanes) is 1. The van der Waals surface area contributed by atoms with Gasteiger partial charge in [-0.25, -0.2) is 9.78 Å². The summed E-state index contributed by atoms with van der Waals surface area (Å²) in [4.78, 5) is 41.0. The van der Waals surface area contributed by atoms with Crippen molar-refractivity contribution in [3.05, 3.63) is 143 Å². The number of nitrogens with one attached hydrogen (secondary N) is 2. The summed E-state index contributed by atoms with van der Waals surface area (Å²) >= 11 is 1.34. The van der Waals surface area contributed by atoms with E-state index in [1.54, 1.807) is 36.5 Å². The maximum atomic E-state index is 12.6. The third-order valence-corrected chi connectivity index (χ3v) is 10.4. The quantitative estimate of drug-likeness (QED) is 0.0382. The predicted molar refractivity (Wildman–Crippen MR) is 212 cm³/mol. The van der Waals surface area contributed by atoms with Crippen LogP contribution >= 0.6 is 11.8 Å². The van der Waals surface area contributed by atoms with Crippen molar-refractivity contribution in [3.63, 3.8) is 0 Å². The second-order valence-electron chi connectivity index (χ2n) is 13.3. The molecule has 0 bridgehead atoms. The first-order valence-corrected chi connectivity index (χ1v) is 19.2. The monoisotopic (exact) mass is 760 g/mol. The van der Waals surface area contributed by atoms with E-state index in [0.717, 1.165) is 33.4 Å². The number of carboxylic acid groups (broad SMARTS) is 1. The lowest BCUT2D eigenvalue weighted by molar-refractivity contribution is -0.245. The molecule has 12 heteroatoms. The number of para-hydroxylation sites is 2. The number of anilines is 2. The Kier molecular flexibility index (Phi) is 13.7. The van der Waals surface area contributed by atoms with Crippen molar-refractivity contribution < 1.29 is 34.1 Å². The molecule has 0 radical (unpaired) electrons. The molecule has 2 amide bonds. The fraction of sp³-hybridized carbons (Fsp3) is 0.256. The fourth-order valence-corrected chi connectivity index (χ4v) is 7.28. The van der Waals surface area contributed by atoms with Crippen LogP contribution in [-0.2, 0) is 32.2 Å². The van der Waals surface area contributed by atoms with E-state index in [1.807, 2.05) is 78.9 Å². The first kappa shape index (κ1) is 39.2. The van der Waals surface area contributed by atoms with Crippen LogP contribution in [0.15, 0.2) is 120 Å². The molecule has 0 unspecified atom stereocenters. The van der Waals surface area contributed by atoms with E-state index in [-0.39, 0.29) is 36.2 Å². The number of benzene rings is 4. The third-order valence-electron chi connectivity index (χ3n) is 9.22. The average molecular weight is 761 g/mol. The number of rotatable bonds is 16. The van der Waals surface area contributed by atoms with Crippen molar-refractivity contribution in [2.75, 3.05) is 16.8 Å². The summed E-state index contributed by atoms with van der Waals surface area (Å²) in [5.41, 5.74) is 12.6. The summed E-state index contributed by atoms with van der Waals surface area (Å²) in [6, 6.07) is 33.8. The number of hydrogen-bond acceptors (Lipinski definition) is 9. The molecule has 0 saturated carbocycles. The lowest BCUT2D eigenvalue weighted by Crippen LogP contribution is -2.31. The Bertz CT molecular complexity index is 2090. The first-order chi connectivity index (χ1) is 26.7. The highest BCUT2D eigenvalue weighted by Crippen LogP contribution is 2.40. The summed E-state index contributed by atoms with van der Waals surface area (Å²) in [6.45, 7) is 0.312. The number of ether oxygens (including phenoxy) is 2. The number of aliphatic hydroxyl groups is 1. The van der Waals surface area contributed by atoms with Gasteiger partial charge in [0.1, 0.15) is 5.03 Å². The van der Waals surface area contributed by atoms with Crippen molar-refractivity contribution in [1.82, 2.24) is 10.3 Å². The van der Waals surface area contributed by atoms with Crippen LogP contribution in [0.2, 0.25) is 0 Å². The number of aromatic carboxylic acids is 1. The number of nitrogen functional groups attached to an aromatic ring is 1. The number of pyridine rings is 1. The minimum Gasteiger partial charge on any atom is -0.478 e. The van der Waals surface area contributed by atoms with E-state index in [1.165, 1.54) is 11.8 Å². The van der Waals surface area contributed by atoms with E-state index in [0.29, 0.717) is 60.8 Å². The van der Waals surface area contributed by atoms with E-state index in [2.05, 4.69) is 15.6 Å². The van der Waals surface area contributed by atoms with Gasteiger partial charge in [0.25, 0.3) is 0 Å². The van der Waals surface area contributed by atoms with Crippen LogP contribution in [0.1, 0.15) is 77.1 Å². The van der Waals surface area contributed by atoms with Crippen LogP contribution in [0.5, 0.6) is 0 Å². The van der Waals surface area contributed by atoms with Crippen molar-refractivity contribution in [1.29, 1.82) is 0 Å². The molecule has 2 heterocycles. The smallest absolute Gasteiger partial charge is 0.338 e. The molecule has 11 nitrogen and oxygen atoms in total. The minimum absolute atomic E-state index is 0.0544. The van der Waals surface area contributed by atoms with Gasteiger partial charge in [-0.2, -0.15) is 0 Å². The molecule has 1 saturated heterocycles. The lowest BCUT2D eigenvalue weighted by atomic mass is 9.99. The Morgan fingerprint density at radius 2 is 1.55 bits per heavy atom. The summed E-state index contributed by atoms with van der Waals surface area (Å²) < 4.78 is 13.1. The molecule has 1 aliphatic heterocycles. The Morgan fingerprint density at radius 1 is 0.800 bits per heavy atom. The number of carbonyl (C=O) groups excluding carboxylic acids is 2. The summed E-state index contributed by atoms with van der Waals surface area (Å²) in [6.07, 6.45) is 2.63. The molecule has 1 aliphatic rings. The largest absolute Gasteiger partial charge is 0.478 e. The number of thioether (sulfide) groups is 1. The summed E-state index contributed by atoms with van der Waals surface area (Å²) in [7, 11) is 0. The van der Waals surface area contributed by atoms with Crippen molar-refractivity contribution >= 4 is 40.9 Å². The highest BCUT2D eigenvalue weighted by Gasteiger charge is 2.33. The number of nitrogens with two attached hydrogens (primary N) is 1. The van der Waals surface area contributed by atoms with Gasteiger partial charge in [0.05, 0.1) is 35.8 Å². The van der Waals surface area contributed by atoms with Crippen molar-refractivity contribution in [2.45, 2.75) is 68.8 Å². The molecule has 284 valence electrons. The van der Waals surface area contributed by atoms with Gasteiger partial charge < -0.3 is 36.1 Å². The molecule has 5 aromatic rings. The third kappa shape index (κ3) is 11.0. The topological polar surface area (TPSA) is 173 Å². The SMILES string of the molecule is Nc1ccccc1NC(=O)CCCCC(=O)NCc1cccc(-c2cccc([C@H]3O[C@@H](CSc4ncccc4C(=O)O)C[C@@H](c4ccc(CO)cc4)O3)c2)c1. The van der Waals surface area contributed by atoms with Gasteiger partial charge in [0.15, 0.2) is 6.29 Å². The Labute approximate surface area is 324 Å². The van der Waals surface area contributed by atoms with Crippen molar-refractivity contribution in [3.8, 4) is 11.1 Å². The number of aliphatic hydroxyl groups excluding tert-OH is 1. The summed E-state index contributed by atoms with van der Waals surface area (Å²) in [5.74, 6) is -0.780. The standard InChI is InChI=1S/C43H44N4O7S/c44-36-13-1-2-14-37(36)47-40(50)16-4-3-15-39(49)46-25-29-8-5-9-31(22-29)32-10-6-11-33(23-32)43-53-34(27-55-41-35(42(51)52)12-7-21-45-41)24-38(54-43)30-19-17-28(26-48)18-20-30/h1-2,5-14,17-23,34,38,43,48H,3-4,15-16,24-27,44H2,(H,46,49)(H,47,50)(H,51,52)/t34-,38+,43+/m1/s1. The van der Waals surface area contributed by atoms with Crippen LogP contribution < -0.4 is 16.4 Å². The Hall–Kier alpha value is -5.53. The zero-order chi connectivity index (χ0) is 38.6. The van der Waals surface area contributed by atoms with Crippen molar-refractivity contribution in [2.24, 2.45) is 0 Å². The van der Waals surface area contributed by atoms with Gasteiger partial charge in [-0.1, -0.05) is 72.8 Å². The van der Waals surface area contributed by atoms with Gasteiger partial charge in [-0.05, 0) is 77.1 Å². The second-order valence-corrected chi connectivity index (χ2v) is 14.3. The molecule has 0 aliphatic carbocycles. The van der Waals surface area contributed by atoms with E-state index >= 15 is 0 Å². The van der Waals surface area contributed by atoms with Gasteiger partial charge in [0, 0.05) is 43.3 Å². The molecular weight excluding hydrogens is 717 g/mol. The number of nitrogens with zero attached hydrogens (tertiary/aromatic N) is 1. The molecular formula is C43H44N4O7S. The molecule has 55 heavy (non-hydrogen) atoms.